The van der Waals surface area contributed by atoms with Crippen LogP contribution in [0.25, 0.3) is 6.08 Å². The van der Waals surface area contributed by atoms with Gasteiger partial charge in [-0.3, -0.25) is 9.59 Å². The zero-order valence-electron chi connectivity index (χ0n) is 13.3. The van der Waals surface area contributed by atoms with Crippen LogP contribution >= 0.6 is 0 Å². The molecule has 0 saturated heterocycles. The Labute approximate surface area is 140 Å². The molecule has 5 heteroatoms. The van der Waals surface area contributed by atoms with Crippen LogP contribution in [-0.4, -0.2) is 30.6 Å². The average Bonchev–Trinajstić information content (AvgIpc) is 2.60. The molecule has 0 unspecified atom stereocenters. The third-order valence-electron chi connectivity index (χ3n) is 3.24. The van der Waals surface area contributed by atoms with Gasteiger partial charge in [-0.1, -0.05) is 18.2 Å². The van der Waals surface area contributed by atoms with Crippen LogP contribution in [0.3, 0.4) is 0 Å². The van der Waals surface area contributed by atoms with E-state index in [9.17, 15) is 9.59 Å². The Morgan fingerprint density at radius 1 is 1.08 bits per heavy atom. The van der Waals surface area contributed by atoms with Crippen molar-refractivity contribution in [2.24, 2.45) is 0 Å². The predicted octanol–water partition coefficient (Wildman–Crippen LogP) is 3.44. The summed E-state index contributed by atoms with van der Waals surface area (Å²) in [5.41, 5.74) is 1.37. The SMILES string of the molecule is COc1ccc(C(=O)/C=C/c2cccc(OCCC(=O)O)c2)cc1. The predicted molar refractivity (Wildman–Crippen MR) is 90.5 cm³/mol. The van der Waals surface area contributed by atoms with Gasteiger partial charge in [0.1, 0.15) is 11.5 Å². The molecule has 0 fully saturated rings. The fraction of sp³-hybridized carbons (Fsp3) is 0.158. The largest absolute Gasteiger partial charge is 0.497 e. The second kappa shape index (κ2) is 8.53. The number of carbonyl (C=O) groups excluding carboxylic acids is 1. The van der Waals surface area contributed by atoms with Crippen molar-refractivity contribution in [3.05, 3.63) is 65.7 Å². The van der Waals surface area contributed by atoms with Crippen LogP contribution in [-0.2, 0) is 4.79 Å². The molecule has 5 nitrogen and oxygen atoms in total. The van der Waals surface area contributed by atoms with E-state index in [2.05, 4.69) is 0 Å². The first-order valence-corrected chi connectivity index (χ1v) is 7.39. The van der Waals surface area contributed by atoms with E-state index in [1.807, 2.05) is 6.07 Å². The normalized spacial score (nSPS) is 10.5. The fourth-order valence-corrected chi connectivity index (χ4v) is 1.99. The molecule has 1 N–H and O–H groups in total. The first-order valence-electron chi connectivity index (χ1n) is 7.39. The summed E-state index contributed by atoms with van der Waals surface area (Å²) in [5, 5.41) is 8.60. The van der Waals surface area contributed by atoms with Crippen LogP contribution < -0.4 is 9.47 Å². The van der Waals surface area contributed by atoms with Gasteiger partial charge in [0.15, 0.2) is 5.78 Å². The zero-order valence-corrected chi connectivity index (χ0v) is 13.3. The van der Waals surface area contributed by atoms with Crippen molar-refractivity contribution in [2.45, 2.75) is 6.42 Å². The topological polar surface area (TPSA) is 72.8 Å². The maximum atomic E-state index is 12.1. The molecule has 0 amide bonds. The maximum Gasteiger partial charge on any atom is 0.306 e. The highest BCUT2D eigenvalue weighted by atomic mass is 16.5. The Morgan fingerprint density at radius 3 is 2.50 bits per heavy atom. The number of rotatable bonds is 8. The number of allylic oxidation sites excluding steroid dienone is 1. The first kappa shape index (κ1) is 17.3. The van der Waals surface area contributed by atoms with Gasteiger partial charge in [0.05, 0.1) is 20.1 Å². The quantitative estimate of drug-likeness (QED) is 0.594. The lowest BCUT2D eigenvalue weighted by Gasteiger charge is -2.05. The molecule has 0 atom stereocenters. The average molecular weight is 326 g/mol. The molecule has 2 aromatic rings. The van der Waals surface area contributed by atoms with Crippen molar-refractivity contribution < 1.29 is 24.2 Å². The highest BCUT2D eigenvalue weighted by Gasteiger charge is 2.03. The molecule has 0 aliphatic heterocycles. The summed E-state index contributed by atoms with van der Waals surface area (Å²) in [6.07, 6.45) is 3.12. The van der Waals surface area contributed by atoms with Crippen molar-refractivity contribution in [3.8, 4) is 11.5 Å². The molecule has 0 aliphatic carbocycles. The number of carboxylic acid groups (broad SMARTS) is 1. The van der Waals surface area contributed by atoms with Crippen molar-refractivity contribution in [1.29, 1.82) is 0 Å². The lowest BCUT2D eigenvalue weighted by molar-refractivity contribution is -0.137. The van der Waals surface area contributed by atoms with Gasteiger partial charge in [-0.25, -0.2) is 0 Å². The molecule has 0 spiro atoms. The van der Waals surface area contributed by atoms with Crippen LogP contribution in [0.15, 0.2) is 54.6 Å². The fourth-order valence-electron chi connectivity index (χ4n) is 1.99. The second-order valence-corrected chi connectivity index (χ2v) is 4.99. The zero-order chi connectivity index (χ0) is 17.4. The summed E-state index contributed by atoms with van der Waals surface area (Å²) in [6, 6.07) is 14.0. The molecular formula is C19H18O5. The van der Waals surface area contributed by atoms with Crippen LogP contribution in [0.5, 0.6) is 11.5 Å². The number of hydrogen-bond acceptors (Lipinski definition) is 4. The number of methoxy groups -OCH3 is 1. The minimum absolute atomic E-state index is 0.0595. The standard InChI is InChI=1S/C19H18O5/c1-23-16-8-6-15(7-9-16)18(20)10-5-14-3-2-4-17(13-14)24-12-11-19(21)22/h2-10,13H,11-12H2,1H3,(H,21,22)/b10-5+. The van der Waals surface area contributed by atoms with E-state index in [4.69, 9.17) is 14.6 Å². The maximum absolute atomic E-state index is 12.1. The van der Waals surface area contributed by atoms with Gasteiger partial charge in [0, 0.05) is 5.56 Å². The number of ether oxygens (including phenoxy) is 2. The minimum Gasteiger partial charge on any atom is -0.497 e. The Morgan fingerprint density at radius 2 is 1.83 bits per heavy atom. The Hall–Kier alpha value is -3.08. The number of carboxylic acids is 1. The summed E-state index contributed by atoms with van der Waals surface area (Å²) in [5.74, 6) is 0.239. The van der Waals surface area contributed by atoms with E-state index in [0.717, 1.165) is 5.56 Å². The monoisotopic (exact) mass is 326 g/mol. The number of carbonyl (C=O) groups is 2. The van der Waals surface area contributed by atoms with E-state index in [1.165, 1.54) is 6.08 Å². The summed E-state index contributed by atoms with van der Waals surface area (Å²) in [7, 11) is 1.57. The van der Waals surface area contributed by atoms with Crippen molar-refractivity contribution in [2.75, 3.05) is 13.7 Å². The number of ketones is 1. The highest BCUT2D eigenvalue weighted by Crippen LogP contribution is 2.16. The van der Waals surface area contributed by atoms with Crippen molar-refractivity contribution in [1.82, 2.24) is 0 Å². The number of aliphatic carboxylic acids is 1. The summed E-state index contributed by atoms with van der Waals surface area (Å²) in [4.78, 5) is 22.6. The molecule has 2 aromatic carbocycles. The van der Waals surface area contributed by atoms with Gasteiger partial charge in [-0.05, 0) is 48.0 Å². The number of hydrogen-bond donors (Lipinski definition) is 1. The Balaban J connectivity index is 1.99. The van der Waals surface area contributed by atoms with Gasteiger partial charge in [0.2, 0.25) is 0 Å². The number of benzene rings is 2. The van der Waals surface area contributed by atoms with Crippen molar-refractivity contribution in [3.63, 3.8) is 0 Å². The molecule has 0 heterocycles. The van der Waals surface area contributed by atoms with Gasteiger partial charge in [-0.2, -0.15) is 0 Å². The van der Waals surface area contributed by atoms with Crippen LogP contribution in [0.1, 0.15) is 22.3 Å². The molecule has 0 aliphatic rings. The second-order valence-electron chi connectivity index (χ2n) is 4.99. The summed E-state index contributed by atoms with van der Waals surface area (Å²) < 4.78 is 10.4. The summed E-state index contributed by atoms with van der Waals surface area (Å²) in [6.45, 7) is 0.104. The lowest BCUT2D eigenvalue weighted by Crippen LogP contribution is -2.04. The highest BCUT2D eigenvalue weighted by molar-refractivity contribution is 6.06. The molecule has 0 aromatic heterocycles. The van der Waals surface area contributed by atoms with Gasteiger partial charge in [0.25, 0.3) is 0 Å². The molecule has 124 valence electrons. The Bertz CT molecular complexity index is 732. The lowest BCUT2D eigenvalue weighted by atomic mass is 10.1. The Kier molecular flexibility index (Phi) is 6.14. The molecule has 0 bridgehead atoms. The summed E-state index contributed by atoms with van der Waals surface area (Å²) >= 11 is 0. The van der Waals surface area contributed by atoms with Crippen LogP contribution in [0, 0.1) is 0 Å². The van der Waals surface area contributed by atoms with E-state index < -0.39 is 5.97 Å². The third-order valence-corrected chi connectivity index (χ3v) is 3.24. The molecule has 2 rings (SSSR count). The van der Waals surface area contributed by atoms with E-state index in [0.29, 0.717) is 17.1 Å². The molecule has 0 saturated carbocycles. The third kappa shape index (κ3) is 5.28. The van der Waals surface area contributed by atoms with Crippen LogP contribution in [0.2, 0.25) is 0 Å². The van der Waals surface area contributed by atoms with E-state index >= 15 is 0 Å². The van der Waals surface area contributed by atoms with Gasteiger partial charge < -0.3 is 14.6 Å². The van der Waals surface area contributed by atoms with E-state index in [1.54, 1.807) is 55.7 Å². The van der Waals surface area contributed by atoms with Gasteiger partial charge >= 0.3 is 5.97 Å². The molecule has 0 radical (unpaired) electrons. The smallest absolute Gasteiger partial charge is 0.306 e. The van der Waals surface area contributed by atoms with Crippen LogP contribution in [0.4, 0.5) is 0 Å². The van der Waals surface area contributed by atoms with Gasteiger partial charge in [-0.15, -0.1) is 0 Å². The molecular weight excluding hydrogens is 308 g/mol. The van der Waals surface area contributed by atoms with Crippen molar-refractivity contribution >= 4 is 17.8 Å². The van der Waals surface area contributed by atoms with E-state index in [-0.39, 0.29) is 18.8 Å². The first-order chi connectivity index (χ1) is 11.6. The minimum atomic E-state index is -0.906. The molecule has 24 heavy (non-hydrogen) atoms.